The molecule has 0 atom stereocenters. The highest BCUT2D eigenvalue weighted by Gasteiger charge is 2.27. The SMILES string of the molecule is CCOC(=O)[C@H]1CC[C@H](CNc2nc(C)c(-c3cnc(OC)c(S(=O)(=O)Nc4ccccc4)c3)s2)CC1. The molecule has 11 heteroatoms. The highest BCUT2D eigenvalue weighted by atomic mass is 32.2. The lowest BCUT2D eigenvalue weighted by Gasteiger charge is -2.27. The number of aryl methyl sites for hydroxylation is 1. The number of methoxy groups -OCH3 is 1. The van der Waals surface area contributed by atoms with Crippen LogP contribution in [0, 0.1) is 18.8 Å². The number of rotatable bonds is 10. The van der Waals surface area contributed by atoms with Crippen molar-refractivity contribution >= 4 is 38.1 Å². The van der Waals surface area contributed by atoms with E-state index in [1.54, 1.807) is 36.5 Å². The van der Waals surface area contributed by atoms with Gasteiger partial charge in [0.1, 0.15) is 4.90 Å². The van der Waals surface area contributed by atoms with Crippen molar-refractivity contribution in [1.29, 1.82) is 0 Å². The minimum absolute atomic E-state index is 0.00865. The molecule has 0 aliphatic heterocycles. The van der Waals surface area contributed by atoms with E-state index in [0.29, 0.717) is 23.8 Å². The summed E-state index contributed by atoms with van der Waals surface area (Å²) in [5, 5.41) is 4.20. The van der Waals surface area contributed by atoms with Crippen LogP contribution in [0.4, 0.5) is 10.8 Å². The Labute approximate surface area is 221 Å². The molecule has 9 nitrogen and oxygen atoms in total. The molecule has 0 saturated heterocycles. The Morgan fingerprint density at radius 2 is 1.89 bits per heavy atom. The van der Waals surface area contributed by atoms with Gasteiger partial charge >= 0.3 is 5.97 Å². The van der Waals surface area contributed by atoms with E-state index in [9.17, 15) is 13.2 Å². The van der Waals surface area contributed by atoms with E-state index in [1.807, 2.05) is 19.9 Å². The molecule has 2 heterocycles. The highest BCUT2D eigenvalue weighted by Crippen LogP contribution is 2.36. The monoisotopic (exact) mass is 544 g/mol. The number of benzene rings is 1. The fraction of sp³-hybridized carbons (Fsp3) is 0.423. The summed E-state index contributed by atoms with van der Waals surface area (Å²) in [4.78, 5) is 21.7. The molecule has 1 fully saturated rings. The number of nitrogens with one attached hydrogen (secondary N) is 2. The van der Waals surface area contributed by atoms with Gasteiger partial charge in [-0.1, -0.05) is 29.5 Å². The zero-order valence-electron chi connectivity index (χ0n) is 21.2. The number of nitrogens with zero attached hydrogens (tertiary/aromatic N) is 2. The van der Waals surface area contributed by atoms with Crippen molar-refractivity contribution in [2.75, 3.05) is 30.3 Å². The number of ether oxygens (including phenoxy) is 2. The van der Waals surface area contributed by atoms with Crippen molar-refractivity contribution in [3.63, 3.8) is 0 Å². The summed E-state index contributed by atoms with van der Waals surface area (Å²) in [7, 11) is -2.54. The Hall–Kier alpha value is -3.18. The third kappa shape index (κ3) is 6.58. The van der Waals surface area contributed by atoms with Gasteiger partial charge in [0.2, 0.25) is 5.88 Å². The normalized spacial score (nSPS) is 17.7. The Morgan fingerprint density at radius 1 is 1.16 bits per heavy atom. The molecule has 198 valence electrons. The molecule has 0 spiro atoms. The van der Waals surface area contributed by atoms with Crippen molar-refractivity contribution in [2.45, 2.75) is 44.4 Å². The molecule has 2 N–H and O–H groups in total. The van der Waals surface area contributed by atoms with Gasteiger partial charge in [-0.3, -0.25) is 9.52 Å². The van der Waals surface area contributed by atoms with E-state index >= 15 is 0 Å². The molecule has 0 amide bonds. The van der Waals surface area contributed by atoms with E-state index in [1.165, 1.54) is 18.4 Å². The van der Waals surface area contributed by atoms with Crippen LogP contribution in [-0.4, -0.2) is 44.6 Å². The first-order chi connectivity index (χ1) is 17.8. The Kier molecular flexibility index (Phi) is 8.65. The fourth-order valence-corrected chi connectivity index (χ4v) is 6.61. The first kappa shape index (κ1) is 26.9. The number of hydrogen-bond acceptors (Lipinski definition) is 9. The fourth-order valence-electron chi connectivity index (χ4n) is 4.45. The number of hydrogen-bond donors (Lipinski definition) is 2. The summed E-state index contributed by atoms with van der Waals surface area (Å²) in [6, 6.07) is 10.2. The van der Waals surface area contributed by atoms with Crippen LogP contribution >= 0.6 is 11.3 Å². The van der Waals surface area contributed by atoms with Gasteiger partial charge in [-0.15, -0.1) is 0 Å². The lowest BCUT2D eigenvalue weighted by molar-refractivity contribution is -0.149. The molecule has 37 heavy (non-hydrogen) atoms. The average molecular weight is 545 g/mol. The van der Waals surface area contributed by atoms with E-state index in [2.05, 4.69) is 20.0 Å². The summed E-state index contributed by atoms with van der Waals surface area (Å²) in [5.74, 6) is 0.407. The molecular weight excluding hydrogens is 512 g/mol. The molecule has 4 rings (SSSR count). The molecule has 1 aliphatic carbocycles. The van der Waals surface area contributed by atoms with Gasteiger partial charge in [-0.05, 0) is 63.6 Å². The maximum atomic E-state index is 13.1. The van der Waals surface area contributed by atoms with Gasteiger partial charge in [0.25, 0.3) is 10.0 Å². The third-order valence-corrected chi connectivity index (χ3v) is 8.93. The second-order valence-corrected chi connectivity index (χ2v) is 11.6. The topological polar surface area (TPSA) is 120 Å². The minimum Gasteiger partial charge on any atom is -0.480 e. The van der Waals surface area contributed by atoms with Crippen molar-refractivity contribution in [2.24, 2.45) is 11.8 Å². The standard InChI is InChI=1S/C26H32N4O5S2/c1-4-35-25(31)19-12-10-18(11-13-19)15-28-26-29-17(2)23(36-26)20-14-22(24(34-3)27-16-20)37(32,33)30-21-8-6-5-7-9-21/h5-9,14,16,18-19,30H,4,10-13,15H2,1-3H3,(H,28,29)/t18-,19-. The molecule has 0 bridgehead atoms. The second-order valence-electron chi connectivity index (χ2n) is 8.99. The lowest BCUT2D eigenvalue weighted by Crippen LogP contribution is -2.26. The van der Waals surface area contributed by atoms with Crippen LogP contribution in [0.15, 0.2) is 47.5 Å². The molecule has 0 unspecified atom stereocenters. The van der Waals surface area contributed by atoms with E-state index in [0.717, 1.165) is 47.9 Å². The zero-order chi connectivity index (χ0) is 26.4. The largest absolute Gasteiger partial charge is 0.480 e. The number of para-hydroxylation sites is 1. The second kappa shape index (κ2) is 11.9. The highest BCUT2D eigenvalue weighted by molar-refractivity contribution is 7.92. The van der Waals surface area contributed by atoms with Crippen LogP contribution in [0.2, 0.25) is 0 Å². The van der Waals surface area contributed by atoms with E-state index < -0.39 is 10.0 Å². The minimum atomic E-state index is -3.93. The summed E-state index contributed by atoms with van der Waals surface area (Å²) >= 11 is 1.46. The van der Waals surface area contributed by atoms with Gasteiger partial charge in [-0.2, -0.15) is 0 Å². The number of carbonyl (C=O) groups excluding carboxylic acids is 1. The first-order valence-corrected chi connectivity index (χ1v) is 14.6. The lowest BCUT2D eigenvalue weighted by atomic mass is 9.82. The maximum absolute atomic E-state index is 13.1. The smallest absolute Gasteiger partial charge is 0.308 e. The summed E-state index contributed by atoms with van der Waals surface area (Å²) < 4.78 is 39.3. The number of anilines is 2. The third-order valence-electron chi connectivity index (χ3n) is 6.39. The number of carbonyl (C=O) groups is 1. The molecule has 1 saturated carbocycles. The number of sulfonamides is 1. The van der Waals surface area contributed by atoms with Crippen LogP contribution in [0.1, 0.15) is 38.3 Å². The molecule has 3 aromatic rings. The van der Waals surface area contributed by atoms with Crippen LogP contribution in [0.25, 0.3) is 10.4 Å². The number of esters is 1. The zero-order valence-corrected chi connectivity index (χ0v) is 22.8. The van der Waals surface area contributed by atoms with Crippen LogP contribution < -0.4 is 14.8 Å². The Morgan fingerprint density at radius 3 is 2.57 bits per heavy atom. The predicted molar refractivity (Wildman–Crippen MR) is 144 cm³/mol. The van der Waals surface area contributed by atoms with Gasteiger partial charge in [0.05, 0.1) is 30.2 Å². The average Bonchev–Trinajstić information content (AvgIpc) is 3.28. The van der Waals surface area contributed by atoms with Crippen molar-refractivity contribution in [3.05, 3.63) is 48.3 Å². The Balaban J connectivity index is 1.46. The molecule has 1 aliphatic rings. The Bertz CT molecular complexity index is 1320. The van der Waals surface area contributed by atoms with Crippen molar-refractivity contribution in [1.82, 2.24) is 9.97 Å². The number of thiazole rings is 1. The van der Waals surface area contributed by atoms with Gasteiger partial charge in [-0.25, -0.2) is 18.4 Å². The van der Waals surface area contributed by atoms with Crippen LogP contribution in [0.3, 0.4) is 0 Å². The van der Waals surface area contributed by atoms with Crippen molar-refractivity contribution in [3.8, 4) is 16.3 Å². The van der Waals surface area contributed by atoms with Gasteiger partial charge in [0.15, 0.2) is 5.13 Å². The summed E-state index contributed by atoms with van der Waals surface area (Å²) in [5.41, 5.74) is 1.88. The maximum Gasteiger partial charge on any atom is 0.308 e. The number of pyridine rings is 1. The summed E-state index contributed by atoms with van der Waals surface area (Å²) in [6.45, 7) is 4.92. The van der Waals surface area contributed by atoms with E-state index in [4.69, 9.17) is 9.47 Å². The molecule has 0 radical (unpaired) electrons. The van der Waals surface area contributed by atoms with Gasteiger partial charge in [0, 0.05) is 24.0 Å². The molecular formula is C26H32N4O5S2. The van der Waals surface area contributed by atoms with E-state index in [-0.39, 0.29) is 22.7 Å². The molecule has 2 aromatic heterocycles. The van der Waals surface area contributed by atoms with Gasteiger partial charge < -0.3 is 14.8 Å². The van der Waals surface area contributed by atoms with Crippen molar-refractivity contribution < 1.29 is 22.7 Å². The van der Waals surface area contributed by atoms with Crippen LogP contribution in [-0.2, 0) is 19.6 Å². The molecule has 1 aromatic carbocycles. The quantitative estimate of drug-likeness (QED) is 0.338. The van der Waals surface area contributed by atoms with Crippen LogP contribution in [0.5, 0.6) is 5.88 Å². The predicted octanol–water partition coefficient (Wildman–Crippen LogP) is 5.10. The summed E-state index contributed by atoms with van der Waals surface area (Å²) in [6.07, 6.45) is 5.22. The first-order valence-electron chi connectivity index (χ1n) is 12.3. The number of aromatic nitrogens is 2.